The van der Waals surface area contributed by atoms with Gasteiger partial charge in [-0.1, -0.05) is 18.0 Å². The summed E-state index contributed by atoms with van der Waals surface area (Å²) in [5, 5.41) is 12.7. The van der Waals surface area contributed by atoms with Crippen molar-refractivity contribution in [2.24, 2.45) is 0 Å². The Morgan fingerprint density at radius 1 is 1.50 bits per heavy atom. The second-order valence-electron chi connectivity index (χ2n) is 3.79. The smallest absolute Gasteiger partial charge is 0.341 e. The van der Waals surface area contributed by atoms with E-state index in [9.17, 15) is 4.79 Å². The Morgan fingerprint density at radius 3 is 2.71 bits per heavy atom. The minimum absolute atomic E-state index is 0.266. The Hall–Kier alpha value is -1.32. The molecule has 0 saturated heterocycles. The number of aromatic nitrogens is 1. The van der Waals surface area contributed by atoms with Crippen LogP contribution < -0.4 is 0 Å². The summed E-state index contributed by atoms with van der Waals surface area (Å²) >= 11 is 0. The van der Waals surface area contributed by atoms with Gasteiger partial charge in [-0.2, -0.15) is 0 Å². The second-order valence-corrected chi connectivity index (χ2v) is 3.79. The molecule has 0 aromatic carbocycles. The van der Waals surface area contributed by atoms with E-state index in [4.69, 9.17) is 9.63 Å². The highest BCUT2D eigenvalue weighted by Gasteiger charge is 2.28. The van der Waals surface area contributed by atoms with Gasteiger partial charge in [0.25, 0.3) is 0 Å². The van der Waals surface area contributed by atoms with E-state index in [1.807, 2.05) is 0 Å². The average Bonchev–Trinajstić information content (AvgIpc) is 2.70. The molecule has 0 spiro atoms. The van der Waals surface area contributed by atoms with E-state index < -0.39 is 5.97 Å². The molecule has 1 heterocycles. The summed E-state index contributed by atoms with van der Waals surface area (Å²) < 4.78 is 5.11. The fourth-order valence-electron chi connectivity index (χ4n) is 2.11. The van der Waals surface area contributed by atoms with Crippen LogP contribution in [0, 0.1) is 6.92 Å². The molecule has 1 aromatic heterocycles. The molecule has 14 heavy (non-hydrogen) atoms. The molecule has 0 radical (unpaired) electrons. The highest BCUT2D eigenvalue weighted by Crippen LogP contribution is 2.36. The third-order valence-corrected chi connectivity index (χ3v) is 2.83. The minimum Gasteiger partial charge on any atom is -0.477 e. The Morgan fingerprint density at radius 2 is 2.14 bits per heavy atom. The topological polar surface area (TPSA) is 63.3 Å². The lowest BCUT2D eigenvalue weighted by Gasteiger charge is -2.04. The van der Waals surface area contributed by atoms with E-state index in [1.54, 1.807) is 6.92 Å². The number of aryl methyl sites for hydroxylation is 1. The predicted octanol–water partition coefficient (Wildman–Crippen LogP) is 2.34. The first kappa shape index (κ1) is 9.24. The summed E-state index contributed by atoms with van der Waals surface area (Å²) in [6.45, 7) is 1.67. The number of aromatic carboxylic acids is 1. The van der Waals surface area contributed by atoms with Gasteiger partial charge in [-0.25, -0.2) is 4.79 Å². The lowest BCUT2D eigenvalue weighted by molar-refractivity contribution is 0.0693. The van der Waals surface area contributed by atoms with Gasteiger partial charge in [-0.3, -0.25) is 0 Å². The van der Waals surface area contributed by atoms with Crippen LogP contribution in [-0.2, 0) is 0 Å². The maximum Gasteiger partial charge on any atom is 0.341 e. The quantitative estimate of drug-likeness (QED) is 0.786. The lowest BCUT2D eigenvalue weighted by Crippen LogP contribution is -2.03. The number of carbonyl (C=O) groups is 1. The summed E-state index contributed by atoms with van der Waals surface area (Å²) in [7, 11) is 0. The molecule has 0 unspecified atom stereocenters. The zero-order valence-electron chi connectivity index (χ0n) is 8.12. The van der Waals surface area contributed by atoms with Crippen molar-refractivity contribution < 1.29 is 14.4 Å². The van der Waals surface area contributed by atoms with Crippen LogP contribution in [0.5, 0.6) is 0 Å². The Balaban J connectivity index is 2.37. The Kier molecular flexibility index (Phi) is 2.27. The zero-order valence-corrected chi connectivity index (χ0v) is 8.12. The monoisotopic (exact) mass is 195 g/mol. The molecule has 1 aliphatic rings. The normalized spacial score (nSPS) is 17.5. The third kappa shape index (κ3) is 1.41. The van der Waals surface area contributed by atoms with E-state index in [1.165, 1.54) is 0 Å². The van der Waals surface area contributed by atoms with Crippen LogP contribution in [0.1, 0.15) is 53.4 Å². The first-order valence-electron chi connectivity index (χ1n) is 4.89. The maximum atomic E-state index is 11.0. The first-order chi connectivity index (χ1) is 6.70. The third-order valence-electron chi connectivity index (χ3n) is 2.83. The molecular weight excluding hydrogens is 182 g/mol. The summed E-state index contributed by atoms with van der Waals surface area (Å²) in [4.78, 5) is 11.0. The minimum atomic E-state index is -0.925. The molecule has 0 atom stereocenters. The Labute approximate surface area is 81.9 Å². The van der Waals surface area contributed by atoms with E-state index in [0.29, 0.717) is 11.5 Å². The maximum absolute atomic E-state index is 11.0. The van der Waals surface area contributed by atoms with Crippen molar-refractivity contribution in [1.82, 2.24) is 5.16 Å². The van der Waals surface area contributed by atoms with Crippen LogP contribution in [0.15, 0.2) is 4.52 Å². The molecule has 1 N–H and O–H groups in total. The number of carboxylic acid groups (broad SMARTS) is 1. The van der Waals surface area contributed by atoms with Crippen molar-refractivity contribution in [2.45, 2.75) is 38.5 Å². The van der Waals surface area contributed by atoms with Crippen LogP contribution in [0.2, 0.25) is 0 Å². The van der Waals surface area contributed by atoms with E-state index in [2.05, 4.69) is 5.16 Å². The number of hydrogen-bond acceptors (Lipinski definition) is 3. The number of carboxylic acids is 1. The summed E-state index contributed by atoms with van der Waals surface area (Å²) in [6.07, 6.45) is 4.36. The van der Waals surface area contributed by atoms with Crippen molar-refractivity contribution >= 4 is 5.97 Å². The molecule has 1 fully saturated rings. The molecular formula is C10H13NO3. The van der Waals surface area contributed by atoms with Gasteiger partial charge in [-0.15, -0.1) is 0 Å². The number of rotatable bonds is 2. The van der Waals surface area contributed by atoms with Crippen molar-refractivity contribution in [1.29, 1.82) is 0 Å². The molecule has 4 nitrogen and oxygen atoms in total. The summed E-state index contributed by atoms with van der Waals surface area (Å²) in [5.41, 5.74) is 0.760. The van der Waals surface area contributed by atoms with Gasteiger partial charge in [0.2, 0.25) is 0 Å². The standard InChI is InChI=1S/C10H13NO3/c1-6-8(10(12)13)9(14-11-6)7-4-2-3-5-7/h7H,2-5H2,1H3,(H,12,13). The molecule has 1 aliphatic carbocycles. The molecule has 76 valence electrons. The number of hydrogen-bond donors (Lipinski definition) is 1. The highest BCUT2D eigenvalue weighted by molar-refractivity contribution is 5.90. The van der Waals surface area contributed by atoms with Gasteiger partial charge in [0.1, 0.15) is 5.56 Å². The zero-order chi connectivity index (χ0) is 10.1. The average molecular weight is 195 g/mol. The largest absolute Gasteiger partial charge is 0.477 e. The van der Waals surface area contributed by atoms with E-state index in [-0.39, 0.29) is 11.5 Å². The number of nitrogens with zero attached hydrogens (tertiary/aromatic N) is 1. The van der Waals surface area contributed by atoms with Gasteiger partial charge in [0.05, 0.1) is 5.69 Å². The molecule has 0 amide bonds. The van der Waals surface area contributed by atoms with Crippen molar-refractivity contribution in [3.8, 4) is 0 Å². The molecule has 0 bridgehead atoms. The van der Waals surface area contributed by atoms with Crippen LogP contribution >= 0.6 is 0 Å². The molecule has 0 aliphatic heterocycles. The van der Waals surface area contributed by atoms with Gasteiger partial charge in [-0.05, 0) is 19.8 Å². The van der Waals surface area contributed by atoms with Gasteiger partial charge in [0, 0.05) is 5.92 Å². The van der Waals surface area contributed by atoms with Crippen LogP contribution in [-0.4, -0.2) is 16.2 Å². The van der Waals surface area contributed by atoms with Crippen LogP contribution in [0.25, 0.3) is 0 Å². The first-order valence-corrected chi connectivity index (χ1v) is 4.89. The van der Waals surface area contributed by atoms with Crippen LogP contribution in [0.3, 0.4) is 0 Å². The van der Waals surface area contributed by atoms with Crippen molar-refractivity contribution in [2.75, 3.05) is 0 Å². The van der Waals surface area contributed by atoms with Crippen molar-refractivity contribution in [3.05, 3.63) is 17.0 Å². The molecule has 2 rings (SSSR count). The second kappa shape index (κ2) is 3.44. The SMILES string of the molecule is Cc1noc(C2CCCC2)c1C(=O)O. The lowest BCUT2D eigenvalue weighted by atomic mass is 10.0. The van der Waals surface area contributed by atoms with E-state index >= 15 is 0 Å². The van der Waals surface area contributed by atoms with Gasteiger partial charge in [0.15, 0.2) is 5.76 Å². The van der Waals surface area contributed by atoms with Crippen molar-refractivity contribution in [3.63, 3.8) is 0 Å². The molecule has 1 saturated carbocycles. The molecule has 1 aromatic rings. The van der Waals surface area contributed by atoms with Gasteiger partial charge >= 0.3 is 5.97 Å². The molecule has 4 heteroatoms. The highest BCUT2D eigenvalue weighted by atomic mass is 16.5. The summed E-state index contributed by atoms with van der Waals surface area (Å²) in [6, 6.07) is 0. The van der Waals surface area contributed by atoms with E-state index in [0.717, 1.165) is 25.7 Å². The fraction of sp³-hybridized carbons (Fsp3) is 0.600. The Bertz CT molecular complexity index is 350. The summed E-state index contributed by atoms with van der Waals surface area (Å²) in [5.74, 6) is -0.0829. The fourth-order valence-corrected chi connectivity index (χ4v) is 2.11. The predicted molar refractivity (Wildman–Crippen MR) is 49.4 cm³/mol. The van der Waals surface area contributed by atoms with Crippen LogP contribution in [0.4, 0.5) is 0 Å². The van der Waals surface area contributed by atoms with Gasteiger partial charge < -0.3 is 9.63 Å².